The maximum Gasteiger partial charge on any atom is 0.306 e. The van der Waals surface area contributed by atoms with Crippen LogP contribution in [0.15, 0.2) is 0 Å². The van der Waals surface area contributed by atoms with Gasteiger partial charge in [0.05, 0.1) is 5.92 Å². The Kier molecular flexibility index (Phi) is 4.67. The number of aliphatic carboxylic acids is 1. The van der Waals surface area contributed by atoms with Gasteiger partial charge in [-0.25, -0.2) is 0 Å². The van der Waals surface area contributed by atoms with Gasteiger partial charge < -0.3 is 5.11 Å². The van der Waals surface area contributed by atoms with Crippen molar-refractivity contribution in [3.63, 3.8) is 0 Å². The van der Waals surface area contributed by atoms with Gasteiger partial charge in [-0.1, -0.05) is 20.8 Å². The van der Waals surface area contributed by atoms with Gasteiger partial charge in [0.25, 0.3) is 0 Å². The molecular weight excluding hydrogens is 168 g/mol. The smallest absolute Gasteiger partial charge is 0.306 e. The summed E-state index contributed by atoms with van der Waals surface area (Å²) in [5.74, 6) is -1.21. The minimum absolute atomic E-state index is 0.0619. The topological polar surface area (TPSA) is 54.4 Å². The first kappa shape index (κ1) is 12.1. The molecule has 2 unspecified atom stereocenters. The summed E-state index contributed by atoms with van der Waals surface area (Å²) in [5, 5.41) is 8.86. The highest BCUT2D eigenvalue weighted by Gasteiger charge is 2.25. The third kappa shape index (κ3) is 4.06. The molecule has 0 aromatic heterocycles. The van der Waals surface area contributed by atoms with Crippen LogP contribution in [0, 0.1) is 17.8 Å². The monoisotopic (exact) mass is 186 g/mol. The van der Waals surface area contributed by atoms with E-state index in [0.29, 0.717) is 6.42 Å². The zero-order valence-corrected chi connectivity index (χ0v) is 8.70. The molecule has 0 heterocycles. The average molecular weight is 186 g/mol. The molecule has 76 valence electrons. The summed E-state index contributed by atoms with van der Waals surface area (Å²) in [7, 11) is 0. The molecule has 0 rings (SSSR count). The van der Waals surface area contributed by atoms with Crippen LogP contribution in [0.3, 0.4) is 0 Å². The zero-order valence-electron chi connectivity index (χ0n) is 8.70. The number of carbonyl (C=O) groups is 2. The van der Waals surface area contributed by atoms with E-state index in [1.54, 1.807) is 6.92 Å². The number of hydrogen-bond acceptors (Lipinski definition) is 2. The van der Waals surface area contributed by atoms with E-state index in [0.717, 1.165) is 0 Å². The highest BCUT2D eigenvalue weighted by Crippen LogP contribution is 2.20. The molecule has 0 saturated heterocycles. The first-order chi connectivity index (χ1) is 5.86. The number of Topliss-reactive ketones (excluding diaryl/α,β-unsaturated/α-hetero) is 1. The Bertz CT molecular complexity index is 196. The summed E-state index contributed by atoms with van der Waals surface area (Å²) < 4.78 is 0. The summed E-state index contributed by atoms with van der Waals surface area (Å²) in [6.07, 6.45) is 0.447. The molecule has 0 aromatic rings. The van der Waals surface area contributed by atoms with Crippen molar-refractivity contribution in [2.24, 2.45) is 17.8 Å². The second-order valence-corrected chi connectivity index (χ2v) is 3.94. The van der Waals surface area contributed by atoms with Gasteiger partial charge in [-0.2, -0.15) is 0 Å². The molecule has 0 aliphatic rings. The van der Waals surface area contributed by atoms with Crippen molar-refractivity contribution >= 4 is 11.8 Å². The Morgan fingerprint density at radius 1 is 1.23 bits per heavy atom. The fourth-order valence-electron chi connectivity index (χ4n) is 1.21. The van der Waals surface area contributed by atoms with Gasteiger partial charge in [-0.3, -0.25) is 9.59 Å². The van der Waals surface area contributed by atoms with Gasteiger partial charge in [0.1, 0.15) is 5.78 Å². The minimum Gasteiger partial charge on any atom is -0.481 e. The molecule has 13 heavy (non-hydrogen) atoms. The van der Waals surface area contributed by atoms with Gasteiger partial charge in [0.2, 0.25) is 0 Å². The fraction of sp³-hybridized carbons (Fsp3) is 0.800. The van der Waals surface area contributed by atoms with Crippen LogP contribution >= 0.6 is 0 Å². The van der Waals surface area contributed by atoms with Crippen molar-refractivity contribution in [2.75, 3.05) is 0 Å². The van der Waals surface area contributed by atoms with Crippen LogP contribution < -0.4 is 0 Å². The molecular formula is C10H18O3. The molecule has 0 spiro atoms. The number of carboxylic acids is 1. The van der Waals surface area contributed by atoms with Gasteiger partial charge in [-0.05, 0) is 19.3 Å². The van der Waals surface area contributed by atoms with E-state index in [-0.39, 0.29) is 17.6 Å². The van der Waals surface area contributed by atoms with Crippen molar-refractivity contribution in [3.8, 4) is 0 Å². The molecule has 0 bridgehead atoms. The predicted molar refractivity (Wildman–Crippen MR) is 50.4 cm³/mol. The Hall–Kier alpha value is -0.860. The van der Waals surface area contributed by atoms with E-state index < -0.39 is 11.9 Å². The molecule has 0 aromatic carbocycles. The van der Waals surface area contributed by atoms with Crippen LogP contribution in [0.4, 0.5) is 0 Å². The standard InChI is InChI=1S/C10H18O3/c1-6(2)9(10(12)13)5-7(3)8(4)11/h6-7,9H,5H2,1-4H3,(H,12,13). The molecule has 0 aliphatic carbocycles. The Morgan fingerprint density at radius 3 is 1.92 bits per heavy atom. The van der Waals surface area contributed by atoms with E-state index in [1.807, 2.05) is 13.8 Å². The summed E-state index contributed by atoms with van der Waals surface area (Å²) in [6, 6.07) is 0. The van der Waals surface area contributed by atoms with Gasteiger partial charge >= 0.3 is 5.97 Å². The van der Waals surface area contributed by atoms with Crippen molar-refractivity contribution in [2.45, 2.75) is 34.1 Å². The quantitative estimate of drug-likeness (QED) is 0.714. The molecule has 0 radical (unpaired) electrons. The van der Waals surface area contributed by atoms with E-state index in [9.17, 15) is 9.59 Å². The van der Waals surface area contributed by atoms with Gasteiger partial charge in [0, 0.05) is 5.92 Å². The van der Waals surface area contributed by atoms with E-state index in [2.05, 4.69) is 0 Å². The molecule has 0 aliphatic heterocycles. The van der Waals surface area contributed by atoms with Crippen LogP contribution in [0.1, 0.15) is 34.1 Å². The predicted octanol–water partition coefficient (Wildman–Crippen LogP) is 1.96. The van der Waals surface area contributed by atoms with Crippen molar-refractivity contribution in [3.05, 3.63) is 0 Å². The fourth-order valence-corrected chi connectivity index (χ4v) is 1.21. The highest BCUT2D eigenvalue weighted by atomic mass is 16.4. The molecule has 2 atom stereocenters. The van der Waals surface area contributed by atoms with Gasteiger partial charge in [-0.15, -0.1) is 0 Å². The maximum absolute atomic E-state index is 10.9. The summed E-state index contributed by atoms with van der Waals surface area (Å²) in [6.45, 7) is 7.02. The minimum atomic E-state index is -0.803. The van der Waals surface area contributed by atoms with E-state index >= 15 is 0 Å². The lowest BCUT2D eigenvalue weighted by molar-refractivity contribution is -0.144. The van der Waals surface area contributed by atoms with Crippen LogP contribution in [-0.2, 0) is 9.59 Å². The first-order valence-corrected chi connectivity index (χ1v) is 4.59. The van der Waals surface area contributed by atoms with Crippen LogP contribution in [0.5, 0.6) is 0 Å². The third-order valence-electron chi connectivity index (χ3n) is 2.42. The number of carboxylic acid groups (broad SMARTS) is 1. The van der Waals surface area contributed by atoms with Crippen molar-refractivity contribution in [1.29, 1.82) is 0 Å². The number of rotatable bonds is 5. The molecule has 1 N–H and O–H groups in total. The zero-order chi connectivity index (χ0) is 10.6. The summed E-state index contributed by atoms with van der Waals surface area (Å²) in [5.41, 5.74) is 0. The Morgan fingerprint density at radius 2 is 1.69 bits per heavy atom. The van der Waals surface area contributed by atoms with E-state index in [1.165, 1.54) is 6.92 Å². The second-order valence-electron chi connectivity index (χ2n) is 3.94. The van der Waals surface area contributed by atoms with Crippen LogP contribution in [0.25, 0.3) is 0 Å². The lowest BCUT2D eigenvalue weighted by atomic mass is 9.86. The van der Waals surface area contributed by atoms with Crippen LogP contribution in [-0.4, -0.2) is 16.9 Å². The Balaban J connectivity index is 4.27. The van der Waals surface area contributed by atoms with Crippen LogP contribution in [0.2, 0.25) is 0 Å². The average Bonchev–Trinajstić information content (AvgIpc) is 1.97. The van der Waals surface area contributed by atoms with Gasteiger partial charge in [0.15, 0.2) is 0 Å². The molecule has 3 heteroatoms. The summed E-state index contributed by atoms with van der Waals surface area (Å²) in [4.78, 5) is 21.7. The normalized spacial score (nSPS) is 15.5. The maximum atomic E-state index is 10.9. The number of ketones is 1. The molecule has 0 amide bonds. The summed E-state index contributed by atoms with van der Waals surface area (Å²) >= 11 is 0. The first-order valence-electron chi connectivity index (χ1n) is 4.59. The molecule has 3 nitrogen and oxygen atoms in total. The van der Waals surface area contributed by atoms with E-state index in [4.69, 9.17) is 5.11 Å². The Labute approximate surface area is 79.1 Å². The highest BCUT2D eigenvalue weighted by molar-refractivity contribution is 5.79. The molecule has 0 fully saturated rings. The third-order valence-corrected chi connectivity index (χ3v) is 2.42. The number of hydrogen-bond donors (Lipinski definition) is 1. The van der Waals surface area contributed by atoms with Crippen molar-refractivity contribution < 1.29 is 14.7 Å². The second kappa shape index (κ2) is 5.00. The molecule has 0 saturated carbocycles. The number of carbonyl (C=O) groups excluding carboxylic acids is 1. The van der Waals surface area contributed by atoms with Crippen molar-refractivity contribution in [1.82, 2.24) is 0 Å². The lowest BCUT2D eigenvalue weighted by Gasteiger charge is -2.18. The largest absolute Gasteiger partial charge is 0.481 e. The lowest BCUT2D eigenvalue weighted by Crippen LogP contribution is -2.24. The SMILES string of the molecule is CC(=O)C(C)CC(C(=O)O)C(C)C.